The Labute approximate surface area is 118 Å². The zero-order valence-corrected chi connectivity index (χ0v) is 11.8. The third-order valence-electron chi connectivity index (χ3n) is 3.20. The van der Waals surface area contributed by atoms with Gasteiger partial charge in [-0.05, 0) is 54.3 Å². The molecular weight excluding hydrogens is 255 g/mol. The van der Waals surface area contributed by atoms with Gasteiger partial charge < -0.3 is 9.84 Å². The highest BCUT2D eigenvalue weighted by Gasteiger charge is 2.13. The second-order valence-corrected chi connectivity index (χ2v) is 4.82. The normalized spacial score (nSPS) is 12.2. The van der Waals surface area contributed by atoms with Crippen molar-refractivity contribution in [2.45, 2.75) is 26.4 Å². The van der Waals surface area contributed by atoms with Crippen LogP contribution in [0.15, 0.2) is 42.5 Å². The van der Waals surface area contributed by atoms with Crippen molar-refractivity contribution >= 4 is 0 Å². The van der Waals surface area contributed by atoms with Crippen molar-refractivity contribution < 1.29 is 14.2 Å². The summed E-state index contributed by atoms with van der Waals surface area (Å²) in [6, 6.07) is 11.8. The van der Waals surface area contributed by atoms with Crippen molar-refractivity contribution in [1.29, 1.82) is 0 Å². The molecule has 2 aromatic rings. The largest absolute Gasteiger partial charge is 0.494 e. The quantitative estimate of drug-likeness (QED) is 0.892. The van der Waals surface area contributed by atoms with Gasteiger partial charge in [-0.2, -0.15) is 0 Å². The zero-order valence-electron chi connectivity index (χ0n) is 11.8. The molecule has 1 atom stereocenters. The molecule has 0 aliphatic carbocycles. The molecule has 3 heteroatoms. The number of aliphatic hydroxyl groups is 1. The van der Waals surface area contributed by atoms with Crippen LogP contribution in [0.2, 0.25) is 0 Å². The number of halogens is 1. The Hall–Kier alpha value is -1.87. The van der Waals surface area contributed by atoms with E-state index in [1.807, 2.05) is 24.3 Å². The molecule has 0 amide bonds. The molecule has 0 saturated carbocycles. The van der Waals surface area contributed by atoms with Gasteiger partial charge in [-0.3, -0.25) is 0 Å². The monoisotopic (exact) mass is 274 g/mol. The molecule has 0 aliphatic rings. The topological polar surface area (TPSA) is 29.5 Å². The molecule has 0 saturated heterocycles. The summed E-state index contributed by atoms with van der Waals surface area (Å²) in [7, 11) is 0. The maximum absolute atomic E-state index is 13.1. The standard InChI is InChI=1S/C17H19FO2/c1-3-10-20-15-7-4-13(5-8-15)17(19)16-9-6-14(18)11-12(16)2/h4-9,11,17,19H,3,10H2,1-2H3. The van der Waals surface area contributed by atoms with Crippen LogP contribution in [0.1, 0.15) is 36.1 Å². The summed E-state index contributed by atoms with van der Waals surface area (Å²) in [5.41, 5.74) is 2.22. The third-order valence-corrected chi connectivity index (χ3v) is 3.20. The molecule has 1 unspecified atom stereocenters. The molecule has 0 fully saturated rings. The predicted molar refractivity (Wildman–Crippen MR) is 77.4 cm³/mol. The smallest absolute Gasteiger partial charge is 0.123 e. The molecular formula is C17H19FO2. The molecule has 106 valence electrons. The van der Waals surface area contributed by atoms with E-state index in [9.17, 15) is 9.50 Å². The van der Waals surface area contributed by atoms with Gasteiger partial charge in [0.05, 0.1) is 6.61 Å². The van der Waals surface area contributed by atoms with Gasteiger partial charge in [0, 0.05) is 0 Å². The van der Waals surface area contributed by atoms with Crippen LogP contribution in [-0.2, 0) is 0 Å². The fourth-order valence-corrected chi connectivity index (χ4v) is 2.09. The van der Waals surface area contributed by atoms with Crippen molar-refractivity contribution in [1.82, 2.24) is 0 Å². The van der Waals surface area contributed by atoms with Crippen LogP contribution in [-0.4, -0.2) is 11.7 Å². The minimum Gasteiger partial charge on any atom is -0.494 e. The average Bonchev–Trinajstić information content (AvgIpc) is 2.45. The minimum atomic E-state index is -0.754. The van der Waals surface area contributed by atoms with Gasteiger partial charge in [0.2, 0.25) is 0 Å². The van der Waals surface area contributed by atoms with E-state index in [1.54, 1.807) is 13.0 Å². The number of hydrogen-bond donors (Lipinski definition) is 1. The molecule has 20 heavy (non-hydrogen) atoms. The van der Waals surface area contributed by atoms with E-state index < -0.39 is 6.10 Å². The summed E-state index contributed by atoms with van der Waals surface area (Å²) < 4.78 is 18.6. The second kappa shape index (κ2) is 6.53. The Kier molecular flexibility index (Phi) is 4.74. The van der Waals surface area contributed by atoms with Gasteiger partial charge in [0.15, 0.2) is 0 Å². The summed E-state index contributed by atoms with van der Waals surface area (Å²) >= 11 is 0. The van der Waals surface area contributed by atoms with Crippen molar-refractivity contribution in [2.24, 2.45) is 0 Å². The summed E-state index contributed by atoms with van der Waals surface area (Å²) in [6.45, 7) is 4.52. The maximum Gasteiger partial charge on any atom is 0.123 e. The van der Waals surface area contributed by atoms with Crippen LogP contribution in [0.3, 0.4) is 0 Å². The van der Waals surface area contributed by atoms with E-state index in [0.29, 0.717) is 12.2 Å². The van der Waals surface area contributed by atoms with E-state index in [-0.39, 0.29) is 5.82 Å². The van der Waals surface area contributed by atoms with Crippen molar-refractivity contribution in [3.05, 3.63) is 65.0 Å². The number of aryl methyl sites for hydroxylation is 1. The SMILES string of the molecule is CCCOc1ccc(C(O)c2ccc(F)cc2C)cc1. The van der Waals surface area contributed by atoms with Gasteiger partial charge >= 0.3 is 0 Å². The van der Waals surface area contributed by atoms with Gasteiger partial charge in [0.1, 0.15) is 17.7 Å². The summed E-state index contributed by atoms with van der Waals surface area (Å²) in [4.78, 5) is 0. The molecule has 0 aromatic heterocycles. The molecule has 0 heterocycles. The Bertz CT molecular complexity index is 564. The molecule has 0 radical (unpaired) electrons. The van der Waals surface area contributed by atoms with Crippen molar-refractivity contribution in [3.8, 4) is 5.75 Å². The van der Waals surface area contributed by atoms with E-state index in [0.717, 1.165) is 23.3 Å². The van der Waals surface area contributed by atoms with Crippen LogP contribution in [0.4, 0.5) is 4.39 Å². The Morgan fingerprint density at radius 2 is 1.85 bits per heavy atom. The highest BCUT2D eigenvalue weighted by molar-refractivity contribution is 5.37. The summed E-state index contributed by atoms with van der Waals surface area (Å²) in [5.74, 6) is 0.500. The van der Waals surface area contributed by atoms with E-state index >= 15 is 0 Å². The lowest BCUT2D eigenvalue weighted by atomic mass is 9.97. The number of ether oxygens (including phenoxy) is 1. The lowest BCUT2D eigenvalue weighted by molar-refractivity contribution is 0.219. The maximum atomic E-state index is 13.1. The lowest BCUT2D eigenvalue weighted by Gasteiger charge is -2.15. The van der Waals surface area contributed by atoms with Crippen molar-refractivity contribution in [3.63, 3.8) is 0 Å². The molecule has 0 aliphatic heterocycles. The van der Waals surface area contributed by atoms with Gasteiger partial charge in [0.25, 0.3) is 0 Å². The van der Waals surface area contributed by atoms with Crippen LogP contribution in [0.5, 0.6) is 5.75 Å². The molecule has 2 aromatic carbocycles. The highest BCUT2D eigenvalue weighted by Crippen LogP contribution is 2.26. The number of benzene rings is 2. The first-order valence-corrected chi connectivity index (χ1v) is 6.78. The molecule has 1 N–H and O–H groups in total. The minimum absolute atomic E-state index is 0.290. The van der Waals surface area contributed by atoms with Crippen LogP contribution < -0.4 is 4.74 Å². The first-order valence-electron chi connectivity index (χ1n) is 6.78. The first kappa shape index (κ1) is 14.5. The fraction of sp³-hybridized carbons (Fsp3) is 0.294. The Balaban J connectivity index is 2.18. The van der Waals surface area contributed by atoms with Crippen LogP contribution in [0.25, 0.3) is 0 Å². The van der Waals surface area contributed by atoms with E-state index in [4.69, 9.17) is 4.74 Å². The van der Waals surface area contributed by atoms with Crippen LogP contribution >= 0.6 is 0 Å². The van der Waals surface area contributed by atoms with E-state index in [1.165, 1.54) is 12.1 Å². The Morgan fingerprint density at radius 3 is 2.45 bits per heavy atom. The third kappa shape index (κ3) is 3.36. The predicted octanol–water partition coefficient (Wildman–Crippen LogP) is 4.00. The number of aliphatic hydroxyl groups excluding tert-OH is 1. The number of rotatable bonds is 5. The lowest BCUT2D eigenvalue weighted by Crippen LogP contribution is -2.03. The van der Waals surface area contributed by atoms with Gasteiger partial charge in [-0.15, -0.1) is 0 Å². The summed E-state index contributed by atoms with van der Waals surface area (Å²) in [5, 5.41) is 10.4. The van der Waals surface area contributed by atoms with Crippen molar-refractivity contribution in [2.75, 3.05) is 6.61 Å². The van der Waals surface area contributed by atoms with Gasteiger partial charge in [-0.25, -0.2) is 4.39 Å². The van der Waals surface area contributed by atoms with E-state index in [2.05, 4.69) is 6.92 Å². The molecule has 0 spiro atoms. The second-order valence-electron chi connectivity index (χ2n) is 4.82. The zero-order chi connectivity index (χ0) is 14.5. The number of hydrogen-bond acceptors (Lipinski definition) is 2. The molecule has 2 rings (SSSR count). The fourth-order valence-electron chi connectivity index (χ4n) is 2.09. The Morgan fingerprint density at radius 1 is 1.15 bits per heavy atom. The molecule has 0 bridgehead atoms. The molecule has 2 nitrogen and oxygen atoms in total. The summed E-state index contributed by atoms with van der Waals surface area (Å²) in [6.07, 6.45) is 0.204. The first-order chi connectivity index (χ1) is 9.61. The van der Waals surface area contributed by atoms with Gasteiger partial charge in [-0.1, -0.05) is 25.1 Å². The average molecular weight is 274 g/mol. The highest BCUT2D eigenvalue weighted by atomic mass is 19.1. The van der Waals surface area contributed by atoms with Crippen LogP contribution in [0, 0.1) is 12.7 Å².